The summed E-state index contributed by atoms with van der Waals surface area (Å²) in [6.07, 6.45) is 6.34. The predicted octanol–water partition coefficient (Wildman–Crippen LogP) is 7.07. The third-order valence-electron chi connectivity index (χ3n) is 3.78. The standard InChI is InChI=1S/C19H22N6S/c1-5-7-11-25(12-8-6-2)19-22-14-18(26-19)24-23-15-9-10-16(20-3)17(13-15)21-4/h9-10,13-14H,5-8,11-12H2,1-2H3. The van der Waals surface area contributed by atoms with Crippen LogP contribution < -0.4 is 4.90 Å². The number of azo groups is 1. The number of hydrogen-bond acceptors (Lipinski definition) is 5. The van der Waals surface area contributed by atoms with Gasteiger partial charge in [0.05, 0.1) is 25.0 Å². The Balaban J connectivity index is 2.12. The first-order valence-corrected chi connectivity index (χ1v) is 9.55. The van der Waals surface area contributed by atoms with Crippen LogP contribution in [0, 0.1) is 13.1 Å². The number of aromatic nitrogens is 1. The monoisotopic (exact) mass is 366 g/mol. The van der Waals surface area contributed by atoms with Crippen LogP contribution in [0.25, 0.3) is 9.69 Å². The van der Waals surface area contributed by atoms with Crippen molar-refractivity contribution in [3.63, 3.8) is 0 Å². The van der Waals surface area contributed by atoms with E-state index in [1.54, 1.807) is 24.4 Å². The van der Waals surface area contributed by atoms with Crippen LogP contribution in [0.5, 0.6) is 0 Å². The first-order valence-electron chi connectivity index (χ1n) is 8.73. The Bertz CT molecular complexity index is 819. The Morgan fingerprint density at radius 2 is 1.73 bits per heavy atom. The van der Waals surface area contributed by atoms with Crippen molar-refractivity contribution in [1.82, 2.24) is 4.98 Å². The van der Waals surface area contributed by atoms with E-state index >= 15 is 0 Å². The molecule has 1 aromatic carbocycles. The van der Waals surface area contributed by atoms with E-state index in [4.69, 9.17) is 13.1 Å². The van der Waals surface area contributed by atoms with Crippen LogP contribution in [0.1, 0.15) is 39.5 Å². The zero-order valence-electron chi connectivity index (χ0n) is 15.1. The van der Waals surface area contributed by atoms with Gasteiger partial charge in [-0.1, -0.05) is 44.1 Å². The van der Waals surface area contributed by atoms with Crippen LogP contribution in [-0.4, -0.2) is 18.1 Å². The molecule has 26 heavy (non-hydrogen) atoms. The van der Waals surface area contributed by atoms with Gasteiger partial charge < -0.3 is 4.90 Å². The molecule has 0 bridgehead atoms. The Kier molecular flexibility index (Phi) is 7.73. The molecule has 1 aromatic heterocycles. The van der Waals surface area contributed by atoms with Crippen LogP contribution in [-0.2, 0) is 0 Å². The van der Waals surface area contributed by atoms with E-state index in [0.717, 1.165) is 48.9 Å². The molecule has 0 unspecified atom stereocenters. The second-order valence-corrected chi connectivity index (χ2v) is 6.76. The molecule has 7 heteroatoms. The van der Waals surface area contributed by atoms with Crippen molar-refractivity contribution < 1.29 is 0 Å². The van der Waals surface area contributed by atoms with Crippen molar-refractivity contribution >= 4 is 38.5 Å². The molecule has 0 aliphatic carbocycles. The van der Waals surface area contributed by atoms with Crippen LogP contribution in [0.4, 0.5) is 27.2 Å². The molecule has 0 saturated heterocycles. The van der Waals surface area contributed by atoms with Crippen molar-refractivity contribution in [2.75, 3.05) is 18.0 Å². The summed E-state index contributed by atoms with van der Waals surface area (Å²) in [6, 6.07) is 4.88. The summed E-state index contributed by atoms with van der Waals surface area (Å²) in [5.74, 6) is 0. The van der Waals surface area contributed by atoms with Crippen molar-refractivity contribution in [1.29, 1.82) is 0 Å². The zero-order chi connectivity index (χ0) is 18.8. The van der Waals surface area contributed by atoms with Gasteiger partial charge in [0.2, 0.25) is 0 Å². The van der Waals surface area contributed by atoms with Gasteiger partial charge in [-0.2, -0.15) is 5.11 Å². The number of unbranched alkanes of at least 4 members (excludes halogenated alkanes) is 2. The largest absolute Gasteiger partial charge is 0.348 e. The number of hydrogen-bond donors (Lipinski definition) is 0. The van der Waals surface area contributed by atoms with Gasteiger partial charge in [0.25, 0.3) is 0 Å². The van der Waals surface area contributed by atoms with Crippen LogP contribution in [0.2, 0.25) is 0 Å². The van der Waals surface area contributed by atoms with E-state index in [9.17, 15) is 0 Å². The molecule has 0 saturated carbocycles. The van der Waals surface area contributed by atoms with Gasteiger partial charge in [-0.3, -0.25) is 9.69 Å². The van der Waals surface area contributed by atoms with Gasteiger partial charge in [-0.15, -0.1) is 5.11 Å². The van der Waals surface area contributed by atoms with Crippen LogP contribution in [0.3, 0.4) is 0 Å². The molecule has 0 spiro atoms. The third kappa shape index (κ3) is 5.37. The topological polar surface area (TPSA) is 49.6 Å². The van der Waals surface area contributed by atoms with E-state index < -0.39 is 0 Å². The maximum atomic E-state index is 7.14. The maximum Gasteiger partial charge on any atom is 0.196 e. The summed E-state index contributed by atoms with van der Waals surface area (Å²) in [4.78, 5) is 13.5. The molecule has 0 N–H and O–H groups in total. The predicted molar refractivity (Wildman–Crippen MR) is 107 cm³/mol. The van der Waals surface area contributed by atoms with Crippen molar-refractivity contribution in [3.05, 3.63) is 47.2 Å². The molecule has 134 valence electrons. The highest BCUT2D eigenvalue weighted by atomic mass is 32.1. The minimum absolute atomic E-state index is 0.298. The SMILES string of the molecule is [C-]#[N+]c1ccc(N=Nc2cnc(N(CCCC)CCCC)s2)cc1[N+]#[C-]. The first-order chi connectivity index (χ1) is 12.7. The molecule has 0 aliphatic heterocycles. The number of anilines is 1. The lowest BCUT2D eigenvalue weighted by Gasteiger charge is -2.21. The van der Waals surface area contributed by atoms with E-state index in [2.05, 4.69) is 43.6 Å². The highest BCUT2D eigenvalue weighted by molar-refractivity contribution is 7.19. The molecule has 2 aromatic rings. The Morgan fingerprint density at radius 1 is 1.04 bits per heavy atom. The molecule has 0 radical (unpaired) electrons. The molecule has 0 atom stereocenters. The van der Waals surface area contributed by atoms with Crippen LogP contribution in [0.15, 0.2) is 34.6 Å². The van der Waals surface area contributed by atoms with E-state index in [1.807, 2.05) is 0 Å². The third-order valence-corrected chi connectivity index (χ3v) is 4.72. The van der Waals surface area contributed by atoms with E-state index in [-0.39, 0.29) is 0 Å². The molecule has 6 nitrogen and oxygen atoms in total. The van der Waals surface area contributed by atoms with Gasteiger partial charge in [0.15, 0.2) is 21.5 Å². The fraction of sp³-hybridized carbons (Fsp3) is 0.421. The second kappa shape index (κ2) is 10.3. The van der Waals surface area contributed by atoms with E-state index in [0.29, 0.717) is 17.1 Å². The number of nitrogens with zero attached hydrogens (tertiary/aromatic N) is 6. The quantitative estimate of drug-likeness (QED) is 0.352. The highest BCUT2D eigenvalue weighted by Crippen LogP contribution is 2.34. The van der Waals surface area contributed by atoms with Gasteiger partial charge in [0, 0.05) is 13.1 Å². The molecule has 1 heterocycles. The van der Waals surface area contributed by atoms with Gasteiger partial charge >= 0.3 is 0 Å². The number of thiazole rings is 1. The summed E-state index contributed by atoms with van der Waals surface area (Å²) < 4.78 is 0. The lowest BCUT2D eigenvalue weighted by atomic mass is 10.2. The molecule has 0 amide bonds. The molecule has 0 fully saturated rings. The fourth-order valence-corrected chi connectivity index (χ4v) is 3.11. The summed E-state index contributed by atoms with van der Waals surface area (Å²) in [5.41, 5.74) is 1.19. The summed E-state index contributed by atoms with van der Waals surface area (Å²) >= 11 is 1.52. The van der Waals surface area contributed by atoms with Crippen molar-refractivity contribution in [2.24, 2.45) is 10.2 Å². The highest BCUT2D eigenvalue weighted by Gasteiger charge is 2.10. The summed E-state index contributed by atoms with van der Waals surface area (Å²) in [6.45, 7) is 20.6. The average Bonchev–Trinajstić information content (AvgIpc) is 3.15. The lowest BCUT2D eigenvalue weighted by Crippen LogP contribution is -2.25. The van der Waals surface area contributed by atoms with Gasteiger partial charge in [0.1, 0.15) is 0 Å². The normalized spacial score (nSPS) is 10.6. The van der Waals surface area contributed by atoms with Crippen LogP contribution >= 0.6 is 11.3 Å². The Labute approximate surface area is 158 Å². The first kappa shape index (κ1) is 19.6. The summed E-state index contributed by atoms with van der Waals surface area (Å²) in [5, 5.41) is 10.1. The zero-order valence-corrected chi connectivity index (χ0v) is 16.0. The average molecular weight is 366 g/mol. The van der Waals surface area contributed by atoms with Gasteiger partial charge in [-0.25, -0.2) is 4.98 Å². The minimum Gasteiger partial charge on any atom is -0.348 e. The minimum atomic E-state index is 0.298. The Morgan fingerprint density at radius 3 is 2.35 bits per heavy atom. The molecular weight excluding hydrogens is 344 g/mol. The van der Waals surface area contributed by atoms with E-state index in [1.165, 1.54) is 11.3 Å². The lowest BCUT2D eigenvalue weighted by molar-refractivity contribution is 0.676. The van der Waals surface area contributed by atoms with Gasteiger partial charge in [-0.05, 0) is 25.0 Å². The molecular formula is C19H22N6S. The number of rotatable bonds is 9. The second-order valence-electron chi connectivity index (χ2n) is 5.77. The smallest absolute Gasteiger partial charge is 0.196 e. The molecule has 0 aliphatic rings. The van der Waals surface area contributed by atoms with Crippen molar-refractivity contribution in [3.8, 4) is 0 Å². The Hall–Kier alpha value is -2.77. The molecule has 2 rings (SSSR count). The fourth-order valence-electron chi connectivity index (χ4n) is 2.32. The number of benzene rings is 1. The summed E-state index contributed by atoms with van der Waals surface area (Å²) in [7, 11) is 0. The van der Waals surface area contributed by atoms with Crippen molar-refractivity contribution in [2.45, 2.75) is 39.5 Å². The maximum absolute atomic E-state index is 7.14.